The standard InChI is InChI=1S/C14H16N4O/c1-2-9-8-16-18-13(9)17-14(19)11-4-3-10-5-6-15-12(10)7-11/h3-4,7-8,15H,2,5-6H2,1H3,(H2,16,17,18,19). The third kappa shape index (κ3) is 2.19. The van der Waals surface area contributed by atoms with Crippen LogP contribution in [0.5, 0.6) is 0 Å². The minimum Gasteiger partial charge on any atom is -0.384 e. The van der Waals surface area contributed by atoms with Crippen molar-refractivity contribution in [1.82, 2.24) is 10.2 Å². The van der Waals surface area contributed by atoms with Gasteiger partial charge in [0.25, 0.3) is 5.91 Å². The van der Waals surface area contributed by atoms with Gasteiger partial charge in [-0.1, -0.05) is 13.0 Å². The van der Waals surface area contributed by atoms with Gasteiger partial charge in [-0.05, 0) is 30.5 Å². The summed E-state index contributed by atoms with van der Waals surface area (Å²) < 4.78 is 0. The first-order valence-electron chi connectivity index (χ1n) is 6.48. The number of rotatable bonds is 3. The predicted molar refractivity (Wildman–Crippen MR) is 74.6 cm³/mol. The Labute approximate surface area is 111 Å². The van der Waals surface area contributed by atoms with E-state index in [-0.39, 0.29) is 5.91 Å². The number of nitrogens with one attached hydrogen (secondary N) is 3. The highest BCUT2D eigenvalue weighted by Gasteiger charge is 2.14. The summed E-state index contributed by atoms with van der Waals surface area (Å²) in [6.45, 7) is 2.97. The fourth-order valence-electron chi connectivity index (χ4n) is 2.31. The van der Waals surface area contributed by atoms with Crippen molar-refractivity contribution < 1.29 is 4.79 Å². The molecule has 1 aliphatic heterocycles. The number of carbonyl (C=O) groups is 1. The van der Waals surface area contributed by atoms with Crippen molar-refractivity contribution in [3.8, 4) is 0 Å². The zero-order valence-electron chi connectivity index (χ0n) is 10.8. The van der Waals surface area contributed by atoms with Gasteiger partial charge in [0.15, 0.2) is 0 Å². The molecule has 5 heteroatoms. The number of aryl methyl sites for hydroxylation is 1. The van der Waals surface area contributed by atoms with E-state index in [9.17, 15) is 4.79 Å². The minimum absolute atomic E-state index is 0.115. The van der Waals surface area contributed by atoms with Gasteiger partial charge in [-0.25, -0.2) is 0 Å². The van der Waals surface area contributed by atoms with Gasteiger partial charge in [0, 0.05) is 23.4 Å². The van der Waals surface area contributed by atoms with Crippen molar-refractivity contribution >= 4 is 17.4 Å². The van der Waals surface area contributed by atoms with E-state index in [0.29, 0.717) is 11.4 Å². The van der Waals surface area contributed by atoms with Gasteiger partial charge in [-0.15, -0.1) is 0 Å². The molecule has 1 amide bonds. The van der Waals surface area contributed by atoms with E-state index in [2.05, 4.69) is 20.8 Å². The number of hydrogen-bond acceptors (Lipinski definition) is 3. The van der Waals surface area contributed by atoms with Crippen LogP contribution in [-0.2, 0) is 12.8 Å². The van der Waals surface area contributed by atoms with Crippen molar-refractivity contribution in [2.24, 2.45) is 0 Å². The van der Waals surface area contributed by atoms with E-state index in [1.54, 1.807) is 6.20 Å². The molecule has 3 rings (SSSR count). The summed E-state index contributed by atoms with van der Waals surface area (Å²) in [6.07, 6.45) is 3.59. The molecule has 0 atom stereocenters. The fraction of sp³-hybridized carbons (Fsp3) is 0.286. The molecule has 0 aliphatic carbocycles. The summed E-state index contributed by atoms with van der Waals surface area (Å²) in [4.78, 5) is 12.2. The number of H-pyrrole nitrogens is 1. The molecule has 19 heavy (non-hydrogen) atoms. The molecule has 2 heterocycles. The third-order valence-electron chi connectivity index (χ3n) is 3.42. The molecule has 0 saturated heterocycles. The molecule has 1 aromatic carbocycles. The number of nitrogens with zero attached hydrogens (tertiary/aromatic N) is 1. The van der Waals surface area contributed by atoms with E-state index >= 15 is 0 Å². The summed E-state index contributed by atoms with van der Waals surface area (Å²) in [6, 6.07) is 5.78. The van der Waals surface area contributed by atoms with Crippen LogP contribution in [0.2, 0.25) is 0 Å². The highest BCUT2D eigenvalue weighted by atomic mass is 16.1. The first-order chi connectivity index (χ1) is 9.28. The Morgan fingerprint density at radius 3 is 3.21 bits per heavy atom. The summed E-state index contributed by atoms with van der Waals surface area (Å²) in [5.41, 5.74) is 4.00. The Bertz CT molecular complexity index is 618. The number of aromatic nitrogens is 2. The van der Waals surface area contributed by atoms with Gasteiger partial charge in [0.05, 0.1) is 6.20 Å². The van der Waals surface area contributed by atoms with Gasteiger partial charge >= 0.3 is 0 Å². The first kappa shape index (κ1) is 11.8. The van der Waals surface area contributed by atoms with Crippen LogP contribution in [0.3, 0.4) is 0 Å². The second kappa shape index (κ2) is 4.76. The van der Waals surface area contributed by atoms with Crippen LogP contribution in [0.25, 0.3) is 0 Å². The highest BCUT2D eigenvalue weighted by Crippen LogP contribution is 2.23. The Hall–Kier alpha value is -2.30. The second-order valence-corrected chi connectivity index (χ2v) is 4.63. The van der Waals surface area contributed by atoms with Crippen molar-refractivity contribution in [3.05, 3.63) is 41.1 Å². The Morgan fingerprint density at radius 2 is 2.37 bits per heavy atom. The van der Waals surface area contributed by atoms with E-state index in [0.717, 1.165) is 30.6 Å². The quantitative estimate of drug-likeness (QED) is 0.788. The van der Waals surface area contributed by atoms with Gasteiger partial charge in [0.1, 0.15) is 5.82 Å². The summed E-state index contributed by atoms with van der Waals surface area (Å²) in [7, 11) is 0. The zero-order valence-corrected chi connectivity index (χ0v) is 10.8. The molecule has 0 saturated carbocycles. The molecule has 3 N–H and O–H groups in total. The Kier molecular flexibility index (Phi) is 2.95. The lowest BCUT2D eigenvalue weighted by Gasteiger charge is -2.06. The summed E-state index contributed by atoms with van der Waals surface area (Å²) >= 11 is 0. The van der Waals surface area contributed by atoms with Gasteiger partial charge in [-0.2, -0.15) is 5.10 Å². The topological polar surface area (TPSA) is 69.8 Å². The molecule has 2 aromatic rings. The van der Waals surface area contributed by atoms with Crippen LogP contribution >= 0.6 is 0 Å². The van der Waals surface area contributed by atoms with Gasteiger partial charge in [0.2, 0.25) is 0 Å². The minimum atomic E-state index is -0.115. The third-order valence-corrected chi connectivity index (χ3v) is 3.42. The van der Waals surface area contributed by atoms with E-state index in [4.69, 9.17) is 0 Å². The number of aromatic amines is 1. The van der Waals surface area contributed by atoms with Crippen molar-refractivity contribution in [2.45, 2.75) is 19.8 Å². The molecule has 5 nitrogen and oxygen atoms in total. The molecule has 0 spiro atoms. The average Bonchev–Trinajstić information content (AvgIpc) is 3.05. The van der Waals surface area contributed by atoms with Crippen LogP contribution in [0.4, 0.5) is 11.5 Å². The van der Waals surface area contributed by atoms with Gasteiger partial charge < -0.3 is 10.6 Å². The summed E-state index contributed by atoms with van der Waals surface area (Å²) in [5.74, 6) is 0.566. The fourth-order valence-corrected chi connectivity index (χ4v) is 2.31. The lowest BCUT2D eigenvalue weighted by atomic mass is 10.1. The molecule has 0 unspecified atom stereocenters. The molecule has 0 bridgehead atoms. The van der Waals surface area contributed by atoms with Crippen LogP contribution in [0.1, 0.15) is 28.4 Å². The number of fused-ring (bicyclic) bond motifs is 1. The monoisotopic (exact) mass is 256 g/mol. The number of benzene rings is 1. The normalized spacial score (nSPS) is 12.9. The first-order valence-corrected chi connectivity index (χ1v) is 6.48. The van der Waals surface area contributed by atoms with Crippen LogP contribution in [0.15, 0.2) is 24.4 Å². The molecule has 98 valence electrons. The number of hydrogen-bond donors (Lipinski definition) is 3. The maximum Gasteiger partial charge on any atom is 0.256 e. The maximum absolute atomic E-state index is 12.2. The number of carbonyl (C=O) groups excluding carboxylic acids is 1. The van der Waals surface area contributed by atoms with Crippen LogP contribution < -0.4 is 10.6 Å². The lowest BCUT2D eigenvalue weighted by molar-refractivity contribution is 0.102. The van der Waals surface area contributed by atoms with Gasteiger partial charge in [-0.3, -0.25) is 9.89 Å². The Morgan fingerprint density at radius 1 is 1.47 bits per heavy atom. The van der Waals surface area contributed by atoms with E-state index in [1.807, 2.05) is 25.1 Å². The number of anilines is 2. The SMILES string of the molecule is CCc1cn[nH]c1NC(=O)c1ccc2c(c1)NCC2. The van der Waals surface area contributed by atoms with Crippen molar-refractivity contribution in [1.29, 1.82) is 0 Å². The largest absolute Gasteiger partial charge is 0.384 e. The molecule has 1 aliphatic rings. The zero-order chi connectivity index (χ0) is 13.2. The smallest absolute Gasteiger partial charge is 0.256 e. The number of amides is 1. The average molecular weight is 256 g/mol. The van der Waals surface area contributed by atoms with Crippen LogP contribution in [-0.4, -0.2) is 22.6 Å². The second-order valence-electron chi connectivity index (χ2n) is 4.63. The van der Waals surface area contributed by atoms with Crippen LogP contribution in [0, 0.1) is 0 Å². The summed E-state index contributed by atoms with van der Waals surface area (Å²) in [5, 5.41) is 12.9. The predicted octanol–water partition coefficient (Wildman–Crippen LogP) is 2.19. The lowest BCUT2D eigenvalue weighted by Crippen LogP contribution is -2.13. The van der Waals surface area contributed by atoms with E-state index in [1.165, 1.54) is 5.56 Å². The molecule has 1 aromatic heterocycles. The molecular weight excluding hydrogens is 240 g/mol. The Balaban J connectivity index is 1.81. The van der Waals surface area contributed by atoms with Crippen molar-refractivity contribution in [3.63, 3.8) is 0 Å². The molecule has 0 radical (unpaired) electrons. The van der Waals surface area contributed by atoms with E-state index < -0.39 is 0 Å². The molecule has 0 fully saturated rings. The van der Waals surface area contributed by atoms with Crippen molar-refractivity contribution in [2.75, 3.05) is 17.2 Å². The molecular formula is C14H16N4O. The maximum atomic E-state index is 12.2. The highest BCUT2D eigenvalue weighted by molar-refractivity contribution is 6.04.